The average molecular weight is 658 g/mol. The van der Waals surface area contributed by atoms with Crippen molar-refractivity contribution in [3.8, 4) is 0 Å². The van der Waals surface area contributed by atoms with E-state index >= 15 is 0 Å². The van der Waals surface area contributed by atoms with Gasteiger partial charge in [0.05, 0.1) is 17.2 Å². The minimum Gasteiger partial charge on any atom is -0.476 e. The number of carbonyl (C=O) groups excluding carboxylic acids is 2. The molecule has 0 aliphatic carbocycles. The molecule has 1 aliphatic rings. The number of aromatic nitrogens is 4. The lowest BCUT2D eigenvalue weighted by molar-refractivity contribution is -0.138. The molecule has 0 unspecified atom stereocenters. The number of aromatic carboxylic acids is 1. The van der Waals surface area contributed by atoms with E-state index in [1.807, 2.05) is 11.0 Å². The number of benzene rings is 2. The Bertz CT molecular complexity index is 1640. The lowest BCUT2D eigenvalue weighted by atomic mass is 10.1. The minimum atomic E-state index is -4.61. The van der Waals surface area contributed by atoms with Gasteiger partial charge in [-0.15, -0.1) is 20.4 Å². The van der Waals surface area contributed by atoms with Crippen molar-refractivity contribution in [3.05, 3.63) is 112 Å². The van der Waals surface area contributed by atoms with Gasteiger partial charge < -0.3 is 25.3 Å². The molecule has 4 aromatic rings. The fraction of sp³-hybridized carbons (Fsp3) is 0.233. The largest absolute Gasteiger partial charge is 0.476 e. The Balaban J connectivity index is 0.000000409. The lowest BCUT2D eigenvalue weighted by Crippen LogP contribution is -2.49. The molecule has 1 atom stereocenters. The summed E-state index contributed by atoms with van der Waals surface area (Å²) in [6, 6.07) is 19.5. The molecule has 3 N–H and O–H groups in total. The number of aliphatic hydroxyl groups is 1. The van der Waals surface area contributed by atoms with Gasteiger partial charge in [0.2, 0.25) is 0 Å². The number of hydrogen-bond donors (Lipinski definition) is 3. The number of carboxylic acids is 1. The van der Waals surface area contributed by atoms with Gasteiger partial charge in [-0.1, -0.05) is 54.1 Å². The van der Waals surface area contributed by atoms with Crippen molar-refractivity contribution >= 4 is 35.2 Å². The summed E-state index contributed by atoms with van der Waals surface area (Å²) in [6.07, 6.45) is -5.47. The molecule has 3 heterocycles. The molecule has 46 heavy (non-hydrogen) atoms. The number of halogens is 4. The van der Waals surface area contributed by atoms with E-state index in [2.05, 4.69) is 25.7 Å². The van der Waals surface area contributed by atoms with Gasteiger partial charge in [0.15, 0.2) is 22.4 Å². The number of alkyl halides is 3. The molecule has 1 fully saturated rings. The minimum absolute atomic E-state index is 0.0136. The molecule has 240 valence electrons. The molecule has 2 aromatic heterocycles. The number of rotatable bonds is 7. The van der Waals surface area contributed by atoms with E-state index in [9.17, 15) is 32.7 Å². The van der Waals surface area contributed by atoms with Crippen molar-refractivity contribution in [2.45, 2.75) is 12.3 Å². The molecular weight excluding hydrogens is 631 g/mol. The number of hydrogen-bond acceptors (Lipinski definition) is 9. The lowest BCUT2D eigenvalue weighted by Gasteiger charge is -2.35. The van der Waals surface area contributed by atoms with Crippen LogP contribution in [0.2, 0.25) is 5.15 Å². The van der Waals surface area contributed by atoms with Crippen LogP contribution in [0, 0.1) is 0 Å². The van der Waals surface area contributed by atoms with E-state index in [1.165, 1.54) is 41.3 Å². The van der Waals surface area contributed by atoms with Crippen molar-refractivity contribution < 1.29 is 37.8 Å². The Morgan fingerprint density at radius 1 is 0.826 bits per heavy atom. The van der Waals surface area contributed by atoms with Gasteiger partial charge >= 0.3 is 12.1 Å². The van der Waals surface area contributed by atoms with Crippen LogP contribution in [0.15, 0.2) is 78.9 Å². The van der Waals surface area contributed by atoms with Crippen molar-refractivity contribution in [2.75, 3.05) is 37.6 Å². The van der Waals surface area contributed by atoms with Crippen LogP contribution < -0.4 is 10.2 Å². The van der Waals surface area contributed by atoms with Gasteiger partial charge in [-0.05, 0) is 42.0 Å². The third kappa shape index (κ3) is 8.95. The van der Waals surface area contributed by atoms with E-state index in [-0.39, 0.29) is 41.7 Å². The maximum absolute atomic E-state index is 13.3. The normalized spacial score (nSPS) is 13.7. The number of anilines is 1. The molecule has 2 amide bonds. The van der Waals surface area contributed by atoms with Crippen molar-refractivity contribution in [1.82, 2.24) is 30.6 Å². The number of nitrogens with zero attached hydrogens (tertiary/aromatic N) is 6. The summed E-state index contributed by atoms with van der Waals surface area (Å²) in [6.45, 7) is 1.14. The molecule has 0 radical (unpaired) electrons. The zero-order valence-electron chi connectivity index (χ0n) is 23.9. The van der Waals surface area contributed by atoms with Crippen LogP contribution in [0.5, 0.6) is 0 Å². The Morgan fingerprint density at radius 2 is 1.46 bits per heavy atom. The van der Waals surface area contributed by atoms with Gasteiger partial charge in [-0.25, -0.2) is 4.79 Å². The van der Waals surface area contributed by atoms with Gasteiger partial charge in [0.1, 0.15) is 0 Å². The third-order valence-corrected chi connectivity index (χ3v) is 6.93. The molecule has 0 spiro atoms. The summed E-state index contributed by atoms with van der Waals surface area (Å²) in [4.78, 5) is 38.5. The summed E-state index contributed by atoms with van der Waals surface area (Å²) in [7, 11) is 0. The first kappa shape index (κ1) is 33.7. The van der Waals surface area contributed by atoms with Gasteiger partial charge in [0, 0.05) is 32.7 Å². The predicted octanol–water partition coefficient (Wildman–Crippen LogP) is 3.75. The highest BCUT2D eigenvalue weighted by Gasteiger charge is 2.36. The zero-order chi connectivity index (χ0) is 33.3. The number of carboxylic acid groups (broad SMARTS) is 1. The standard InChI is InChI=1S/C25H24F3N5O3.C5H3ClN2O2/c26-25(27,28)19-9-5-4-8-18(19)24(36)33-14-12-32(13-15-33)22-11-10-20(30-31-22)23(35)29-16-21(34)17-6-2-1-3-7-17;6-4-2-1-3(5(9)10)7-8-4/h1-11,21,34H,12-16H2,(H,29,35);1-2H,(H,9,10)/t21-;/m1./s1. The molecule has 16 heteroatoms. The number of nitrogens with one attached hydrogen (secondary N) is 1. The second kappa shape index (κ2) is 15.2. The first-order chi connectivity index (χ1) is 21.9. The highest BCUT2D eigenvalue weighted by atomic mass is 35.5. The monoisotopic (exact) mass is 657 g/mol. The summed E-state index contributed by atoms with van der Waals surface area (Å²) in [5.41, 5.74) is -0.667. The first-order valence-corrected chi connectivity index (χ1v) is 14.1. The molecule has 0 bridgehead atoms. The second-order valence-corrected chi connectivity index (χ2v) is 10.2. The van der Waals surface area contributed by atoms with E-state index in [4.69, 9.17) is 16.7 Å². The molecule has 1 aliphatic heterocycles. The van der Waals surface area contributed by atoms with E-state index in [1.54, 1.807) is 30.3 Å². The second-order valence-electron chi connectivity index (χ2n) is 9.78. The fourth-order valence-corrected chi connectivity index (χ4v) is 4.44. The smallest absolute Gasteiger partial charge is 0.417 e. The summed E-state index contributed by atoms with van der Waals surface area (Å²) >= 11 is 5.35. The molecule has 0 saturated carbocycles. The highest BCUT2D eigenvalue weighted by Crippen LogP contribution is 2.32. The molecule has 1 saturated heterocycles. The first-order valence-electron chi connectivity index (χ1n) is 13.7. The maximum atomic E-state index is 13.3. The molecule has 2 aromatic carbocycles. The number of carbonyl (C=O) groups is 3. The maximum Gasteiger partial charge on any atom is 0.417 e. The van der Waals surface area contributed by atoms with Crippen LogP contribution in [0.1, 0.15) is 48.6 Å². The van der Waals surface area contributed by atoms with Crippen LogP contribution in [0.25, 0.3) is 0 Å². The van der Waals surface area contributed by atoms with Crippen molar-refractivity contribution in [3.63, 3.8) is 0 Å². The predicted molar refractivity (Wildman–Crippen MR) is 159 cm³/mol. The molecular formula is C30H27ClF3N7O5. The molecule has 5 rings (SSSR count). The number of piperazine rings is 1. The fourth-order valence-electron chi connectivity index (χ4n) is 4.34. The quantitative estimate of drug-likeness (QED) is 0.267. The van der Waals surface area contributed by atoms with Crippen LogP contribution in [0.3, 0.4) is 0 Å². The Kier molecular flexibility index (Phi) is 11.2. The average Bonchev–Trinajstić information content (AvgIpc) is 3.07. The van der Waals surface area contributed by atoms with Crippen LogP contribution in [0.4, 0.5) is 19.0 Å². The summed E-state index contributed by atoms with van der Waals surface area (Å²) in [5.74, 6) is -1.77. The van der Waals surface area contributed by atoms with Crippen molar-refractivity contribution in [2.24, 2.45) is 0 Å². The van der Waals surface area contributed by atoms with Crippen LogP contribution in [-0.4, -0.2) is 86.0 Å². The van der Waals surface area contributed by atoms with E-state index in [0.717, 1.165) is 6.07 Å². The zero-order valence-corrected chi connectivity index (χ0v) is 24.7. The van der Waals surface area contributed by atoms with Gasteiger partial charge in [0.25, 0.3) is 11.8 Å². The topological polar surface area (TPSA) is 162 Å². The Morgan fingerprint density at radius 3 is 2.04 bits per heavy atom. The third-order valence-electron chi connectivity index (χ3n) is 6.73. The number of aliphatic hydroxyl groups excluding tert-OH is 1. The summed E-state index contributed by atoms with van der Waals surface area (Å²) < 4.78 is 39.8. The Hall–Kier alpha value is -5.15. The summed E-state index contributed by atoms with van der Waals surface area (Å²) in [5, 5.41) is 36.0. The van der Waals surface area contributed by atoms with Crippen LogP contribution >= 0.6 is 11.6 Å². The van der Waals surface area contributed by atoms with Crippen molar-refractivity contribution in [1.29, 1.82) is 0 Å². The van der Waals surface area contributed by atoms with E-state index < -0.39 is 35.6 Å². The van der Waals surface area contributed by atoms with Gasteiger partial charge in [-0.2, -0.15) is 13.2 Å². The molecule has 12 nitrogen and oxygen atoms in total. The highest BCUT2D eigenvalue weighted by molar-refractivity contribution is 6.29. The van der Waals surface area contributed by atoms with Crippen LogP contribution in [-0.2, 0) is 6.18 Å². The number of amides is 2. The van der Waals surface area contributed by atoms with E-state index in [0.29, 0.717) is 24.5 Å². The van der Waals surface area contributed by atoms with Gasteiger partial charge in [-0.3, -0.25) is 9.59 Å². The SMILES string of the molecule is O=C(NC[C@@H](O)c1ccccc1)c1ccc(N2CCN(C(=O)c3ccccc3C(F)(F)F)CC2)nn1.O=C(O)c1ccc(Cl)nn1. The Labute approximate surface area is 265 Å².